The molecule has 2 aromatic heterocycles. The molecule has 0 amide bonds. The Hall–Kier alpha value is -1.69. The molecule has 0 saturated carbocycles. The van der Waals surface area contributed by atoms with Crippen molar-refractivity contribution in [3.8, 4) is 0 Å². The van der Waals surface area contributed by atoms with Gasteiger partial charge in [-0.2, -0.15) is 10.2 Å². The summed E-state index contributed by atoms with van der Waals surface area (Å²) in [6.07, 6.45) is 5.68. The molecule has 0 unspecified atom stereocenters. The summed E-state index contributed by atoms with van der Waals surface area (Å²) in [6.45, 7) is 8.35. The Balaban J connectivity index is 1.63. The van der Waals surface area contributed by atoms with Gasteiger partial charge in [0.05, 0.1) is 12.7 Å². The van der Waals surface area contributed by atoms with E-state index in [2.05, 4.69) is 46.4 Å². The summed E-state index contributed by atoms with van der Waals surface area (Å²) < 4.78 is 2.00. The van der Waals surface area contributed by atoms with Gasteiger partial charge >= 0.3 is 0 Å². The van der Waals surface area contributed by atoms with Crippen molar-refractivity contribution in [3.63, 3.8) is 0 Å². The lowest BCUT2D eigenvalue weighted by Gasteiger charge is -2.24. The van der Waals surface area contributed by atoms with Crippen molar-refractivity contribution in [2.45, 2.75) is 58.2 Å². The number of aromatic nitrogens is 5. The average molecular weight is 274 g/mol. The van der Waals surface area contributed by atoms with E-state index in [1.54, 1.807) is 6.33 Å². The molecular weight excluding hydrogens is 252 g/mol. The van der Waals surface area contributed by atoms with Crippen LogP contribution in [0.1, 0.15) is 44.3 Å². The van der Waals surface area contributed by atoms with Crippen molar-refractivity contribution >= 4 is 0 Å². The molecule has 0 bridgehead atoms. The molecule has 3 heterocycles. The van der Waals surface area contributed by atoms with Gasteiger partial charge in [-0.25, -0.2) is 9.67 Å². The highest BCUT2D eigenvalue weighted by atomic mass is 15.3. The second-order valence-electron chi connectivity index (χ2n) is 6.50. The van der Waals surface area contributed by atoms with E-state index >= 15 is 0 Å². The van der Waals surface area contributed by atoms with E-state index in [1.165, 1.54) is 11.3 Å². The third kappa shape index (κ3) is 2.60. The maximum atomic E-state index is 4.26. The van der Waals surface area contributed by atoms with E-state index < -0.39 is 0 Å². The van der Waals surface area contributed by atoms with Crippen LogP contribution in [-0.4, -0.2) is 31.0 Å². The predicted octanol–water partition coefficient (Wildman–Crippen LogP) is 1.40. The zero-order valence-electron chi connectivity index (χ0n) is 12.3. The van der Waals surface area contributed by atoms with Crippen molar-refractivity contribution in [2.75, 3.05) is 0 Å². The zero-order chi connectivity index (χ0) is 14.2. The first kappa shape index (κ1) is 13.3. The first-order chi connectivity index (χ1) is 9.54. The smallest absolute Gasteiger partial charge is 0.138 e. The summed E-state index contributed by atoms with van der Waals surface area (Å²) in [5.74, 6) is 1.10. The lowest BCUT2D eigenvalue weighted by atomic mass is 9.89. The minimum Gasteiger partial charge on any atom is -0.308 e. The van der Waals surface area contributed by atoms with Crippen LogP contribution in [0.4, 0.5) is 0 Å². The van der Waals surface area contributed by atoms with E-state index in [1.807, 2.05) is 10.9 Å². The van der Waals surface area contributed by atoms with Crippen LogP contribution in [-0.2, 0) is 24.9 Å². The summed E-state index contributed by atoms with van der Waals surface area (Å²) in [4.78, 5) is 4.26. The van der Waals surface area contributed by atoms with E-state index in [0.717, 1.165) is 31.8 Å². The van der Waals surface area contributed by atoms with Gasteiger partial charge in [0.1, 0.15) is 12.2 Å². The maximum absolute atomic E-state index is 4.26. The molecule has 108 valence electrons. The Bertz CT molecular complexity index is 576. The molecule has 6 heteroatoms. The van der Waals surface area contributed by atoms with E-state index in [0.29, 0.717) is 6.04 Å². The normalized spacial score (nSPS) is 19.1. The number of hydrogen-bond acceptors (Lipinski definition) is 4. The largest absolute Gasteiger partial charge is 0.308 e. The Morgan fingerprint density at radius 2 is 2.30 bits per heavy atom. The van der Waals surface area contributed by atoms with Crippen molar-refractivity contribution in [3.05, 3.63) is 29.6 Å². The number of nitrogens with one attached hydrogen (secondary N) is 2. The molecule has 1 aliphatic heterocycles. The number of rotatable bonds is 3. The third-order valence-electron chi connectivity index (χ3n) is 3.85. The maximum Gasteiger partial charge on any atom is 0.138 e. The van der Waals surface area contributed by atoms with Crippen LogP contribution in [0.3, 0.4) is 0 Å². The molecule has 0 saturated heterocycles. The van der Waals surface area contributed by atoms with E-state index in [9.17, 15) is 0 Å². The molecule has 3 rings (SSSR count). The molecule has 0 aromatic carbocycles. The first-order valence-corrected chi connectivity index (χ1v) is 7.17. The molecule has 1 aliphatic rings. The lowest BCUT2D eigenvalue weighted by molar-refractivity contribution is 0.357. The van der Waals surface area contributed by atoms with Crippen LogP contribution in [0.5, 0.6) is 0 Å². The van der Waals surface area contributed by atoms with E-state index in [4.69, 9.17) is 0 Å². The first-order valence-electron chi connectivity index (χ1n) is 7.17. The van der Waals surface area contributed by atoms with Gasteiger partial charge in [-0.3, -0.25) is 5.10 Å². The van der Waals surface area contributed by atoms with Crippen LogP contribution in [0.15, 0.2) is 12.5 Å². The summed E-state index contributed by atoms with van der Waals surface area (Å²) in [5, 5.41) is 15.2. The van der Waals surface area contributed by atoms with Crippen LogP contribution in [0.25, 0.3) is 0 Å². The van der Waals surface area contributed by atoms with Gasteiger partial charge in [-0.15, -0.1) is 0 Å². The molecule has 0 aliphatic carbocycles. The minimum absolute atomic E-state index is 0.0964. The van der Waals surface area contributed by atoms with Crippen molar-refractivity contribution in [2.24, 2.45) is 0 Å². The Kier molecular flexibility index (Phi) is 3.33. The highest BCUT2D eigenvalue weighted by molar-refractivity contribution is 5.23. The van der Waals surface area contributed by atoms with Crippen LogP contribution >= 0.6 is 0 Å². The summed E-state index contributed by atoms with van der Waals surface area (Å²) in [6, 6.07) is 0.451. The number of hydrogen-bond donors (Lipinski definition) is 2. The molecule has 0 spiro atoms. The molecule has 0 radical (unpaired) electrons. The van der Waals surface area contributed by atoms with Gasteiger partial charge in [-0.1, -0.05) is 20.8 Å². The second kappa shape index (κ2) is 5.01. The average Bonchev–Trinajstić information content (AvgIpc) is 3.03. The third-order valence-corrected chi connectivity index (χ3v) is 3.85. The van der Waals surface area contributed by atoms with Gasteiger partial charge in [0.25, 0.3) is 0 Å². The highest BCUT2D eigenvalue weighted by Gasteiger charge is 2.22. The monoisotopic (exact) mass is 274 g/mol. The SMILES string of the molecule is CC(C)(C)c1[nH]ncc1CN[C@@H]1CCc2ncnn2C1. The number of nitrogens with zero attached hydrogens (tertiary/aromatic N) is 4. The van der Waals surface area contributed by atoms with Gasteiger partial charge in [-0.05, 0) is 6.42 Å². The van der Waals surface area contributed by atoms with Crippen LogP contribution in [0, 0.1) is 0 Å². The van der Waals surface area contributed by atoms with Gasteiger partial charge < -0.3 is 5.32 Å². The molecule has 0 fully saturated rings. The summed E-state index contributed by atoms with van der Waals surface area (Å²) in [7, 11) is 0. The predicted molar refractivity (Wildman–Crippen MR) is 76.3 cm³/mol. The van der Waals surface area contributed by atoms with Gasteiger partial charge in [0.2, 0.25) is 0 Å². The molecule has 2 aromatic rings. The zero-order valence-corrected chi connectivity index (χ0v) is 12.3. The van der Waals surface area contributed by atoms with Crippen LogP contribution < -0.4 is 5.32 Å². The highest BCUT2D eigenvalue weighted by Crippen LogP contribution is 2.23. The fourth-order valence-electron chi connectivity index (χ4n) is 2.75. The quantitative estimate of drug-likeness (QED) is 0.887. The van der Waals surface area contributed by atoms with Gasteiger partial charge in [0, 0.05) is 35.7 Å². The van der Waals surface area contributed by atoms with Crippen molar-refractivity contribution in [1.82, 2.24) is 30.3 Å². The van der Waals surface area contributed by atoms with E-state index in [-0.39, 0.29) is 5.41 Å². The number of H-pyrrole nitrogens is 1. The Labute approximate surface area is 119 Å². The Morgan fingerprint density at radius 3 is 3.10 bits per heavy atom. The van der Waals surface area contributed by atoms with Gasteiger partial charge in [0.15, 0.2) is 0 Å². The molecular formula is C14H22N6. The molecule has 6 nitrogen and oxygen atoms in total. The minimum atomic E-state index is 0.0964. The summed E-state index contributed by atoms with van der Waals surface area (Å²) >= 11 is 0. The van der Waals surface area contributed by atoms with Crippen LogP contribution in [0.2, 0.25) is 0 Å². The summed E-state index contributed by atoms with van der Waals surface area (Å²) in [5.41, 5.74) is 2.56. The fourth-order valence-corrected chi connectivity index (χ4v) is 2.75. The standard InChI is InChI=1S/C14H22N6/c1-14(2,3)13-10(7-17-19-13)6-15-11-4-5-12-16-9-18-20(12)8-11/h7,9,11,15H,4-6,8H2,1-3H3,(H,17,19)/t11-/m1/s1. The lowest BCUT2D eigenvalue weighted by Crippen LogP contribution is -2.37. The number of aromatic amines is 1. The Morgan fingerprint density at radius 1 is 1.45 bits per heavy atom. The topological polar surface area (TPSA) is 71.4 Å². The fraction of sp³-hybridized carbons (Fsp3) is 0.643. The number of fused-ring (bicyclic) bond motifs is 1. The molecule has 2 N–H and O–H groups in total. The number of aryl methyl sites for hydroxylation is 1. The van der Waals surface area contributed by atoms with Crippen molar-refractivity contribution in [1.29, 1.82) is 0 Å². The molecule has 20 heavy (non-hydrogen) atoms. The second-order valence-corrected chi connectivity index (χ2v) is 6.50. The molecule has 1 atom stereocenters. The van der Waals surface area contributed by atoms with Crippen molar-refractivity contribution < 1.29 is 0 Å².